The molecule has 0 spiro atoms. The van der Waals surface area contributed by atoms with E-state index in [4.69, 9.17) is 0 Å². The molecule has 0 saturated heterocycles. The molecule has 1 amide bonds. The highest BCUT2D eigenvalue weighted by Crippen LogP contribution is 2.45. The zero-order chi connectivity index (χ0) is 16.9. The number of benzene rings is 1. The molecule has 128 valence electrons. The van der Waals surface area contributed by atoms with Crippen molar-refractivity contribution in [3.05, 3.63) is 35.4 Å². The van der Waals surface area contributed by atoms with Crippen molar-refractivity contribution in [1.82, 2.24) is 10.6 Å². The lowest BCUT2D eigenvalue weighted by Crippen LogP contribution is -2.50. The van der Waals surface area contributed by atoms with Crippen molar-refractivity contribution in [3.63, 3.8) is 0 Å². The molecule has 2 rings (SSSR count). The van der Waals surface area contributed by atoms with E-state index < -0.39 is 17.2 Å². The molecule has 0 aliphatic heterocycles. The zero-order valence-electron chi connectivity index (χ0n) is 13.3. The van der Waals surface area contributed by atoms with Gasteiger partial charge in [-0.25, -0.2) is 0 Å². The summed E-state index contributed by atoms with van der Waals surface area (Å²) in [5.41, 5.74) is -1.03. The van der Waals surface area contributed by atoms with Crippen LogP contribution < -0.4 is 10.6 Å². The van der Waals surface area contributed by atoms with Crippen molar-refractivity contribution in [1.29, 1.82) is 0 Å². The van der Waals surface area contributed by atoms with Gasteiger partial charge >= 0.3 is 6.18 Å². The lowest BCUT2D eigenvalue weighted by molar-refractivity contribution is -0.138. The predicted molar refractivity (Wildman–Crippen MR) is 83.1 cm³/mol. The third-order valence-corrected chi connectivity index (χ3v) is 4.40. The van der Waals surface area contributed by atoms with Crippen molar-refractivity contribution in [2.45, 2.75) is 44.2 Å². The van der Waals surface area contributed by atoms with E-state index in [1.54, 1.807) is 6.07 Å². The van der Waals surface area contributed by atoms with Crippen LogP contribution in [-0.4, -0.2) is 25.5 Å². The van der Waals surface area contributed by atoms with Gasteiger partial charge in [0, 0.05) is 13.1 Å². The Morgan fingerprint density at radius 2 is 1.96 bits per heavy atom. The van der Waals surface area contributed by atoms with Crippen molar-refractivity contribution >= 4 is 5.91 Å². The molecule has 0 radical (unpaired) electrons. The van der Waals surface area contributed by atoms with E-state index >= 15 is 0 Å². The second-order valence-corrected chi connectivity index (χ2v) is 6.02. The fourth-order valence-electron chi connectivity index (χ4n) is 2.91. The maximum atomic E-state index is 12.9. The quantitative estimate of drug-likeness (QED) is 0.755. The molecule has 0 unspecified atom stereocenters. The highest BCUT2D eigenvalue weighted by molar-refractivity contribution is 5.89. The number of carbonyl (C=O) groups is 1. The average Bonchev–Trinajstić information content (AvgIpc) is 2.45. The number of hydrogen-bond donors (Lipinski definition) is 2. The first kappa shape index (κ1) is 17.8. The average molecular weight is 328 g/mol. The Bertz CT molecular complexity index is 539. The smallest absolute Gasteiger partial charge is 0.354 e. The van der Waals surface area contributed by atoms with Crippen LogP contribution in [-0.2, 0) is 16.4 Å². The fourth-order valence-corrected chi connectivity index (χ4v) is 2.91. The number of alkyl halides is 3. The maximum absolute atomic E-state index is 12.9. The van der Waals surface area contributed by atoms with Gasteiger partial charge in [0.25, 0.3) is 0 Å². The number of carbonyl (C=O) groups excluding carboxylic acids is 1. The van der Waals surface area contributed by atoms with Gasteiger partial charge in [0.05, 0.1) is 11.0 Å². The second-order valence-electron chi connectivity index (χ2n) is 6.02. The molecular weight excluding hydrogens is 305 g/mol. The summed E-state index contributed by atoms with van der Waals surface area (Å²) in [6.07, 6.45) is -1.31. The van der Waals surface area contributed by atoms with Gasteiger partial charge < -0.3 is 10.6 Å². The van der Waals surface area contributed by atoms with Gasteiger partial charge in [-0.15, -0.1) is 0 Å². The normalized spacial score (nSPS) is 16.7. The van der Waals surface area contributed by atoms with Gasteiger partial charge in [-0.2, -0.15) is 13.2 Å². The topological polar surface area (TPSA) is 41.1 Å². The number of rotatable bonds is 7. The Kier molecular flexibility index (Phi) is 5.68. The zero-order valence-corrected chi connectivity index (χ0v) is 13.3. The largest absolute Gasteiger partial charge is 0.416 e. The Labute approximate surface area is 134 Å². The SMILES string of the molecule is CCCNCCNC(=O)C1(c2cccc(C(F)(F)F)c2)CCC1. The highest BCUT2D eigenvalue weighted by atomic mass is 19.4. The molecule has 1 aliphatic rings. The molecular formula is C17H23F3N2O. The molecule has 1 saturated carbocycles. The van der Waals surface area contributed by atoms with Crippen molar-refractivity contribution in [3.8, 4) is 0 Å². The van der Waals surface area contributed by atoms with Crippen LogP contribution in [0.1, 0.15) is 43.7 Å². The first-order chi connectivity index (χ1) is 10.9. The molecule has 1 aromatic rings. The minimum atomic E-state index is -4.39. The number of halogens is 3. The minimum Gasteiger partial charge on any atom is -0.354 e. The minimum absolute atomic E-state index is 0.165. The fraction of sp³-hybridized carbons (Fsp3) is 0.588. The van der Waals surface area contributed by atoms with Crippen LogP contribution in [0.3, 0.4) is 0 Å². The van der Waals surface area contributed by atoms with Crippen LogP contribution >= 0.6 is 0 Å². The number of amides is 1. The summed E-state index contributed by atoms with van der Waals surface area (Å²) in [6, 6.07) is 5.17. The van der Waals surface area contributed by atoms with Crippen LogP contribution in [0.15, 0.2) is 24.3 Å². The Balaban J connectivity index is 2.07. The van der Waals surface area contributed by atoms with Gasteiger partial charge in [-0.3, -0.25) is 4.79 Å². The van der Waals surface area contributed by atoms with Gasteiger partial charge in [-0.05, 0) is 37.4 Å². The van der Waals surface area contributed by atoms with Crippen molar-refractivity contribution in [2.75, 3.05) is 19.6 Å². The van der Waals surface area contributed by atoms with E-state index in [9.17, 15) is 18.0 Å². The number of hydrogen-bond acceptors (Lipinski definition) is 2. The van der Waals surface area contributed by atoms with Crippen LogP contribution in [0.2, 0.25) is 0 Å². The summed E-state index contributed by atoms with van der Waals surface area (Å²) in [7, 11) is 0. The van der Waals surface area contributed by atoms with E-state index in [1.807, 2.05) is 0 Å². The monoisotopic (exact) mass is 328 g/mol. The molecule has 0 aromatic heterocycles. The summed E-state index contributed by atoms with van der Waals surface area (Å²) in [4.78, 5) is 12.5. The van der Waals surface area contributed by atoms with Gasteiger partial charge in [0.1, 0.15) is 0 Å². The van der Waals surface area contributed by atoms with E-state index in [1.165, 1.54) is 6.07 Å². The van der Waals surface area contributed by atoms with Crippen molar-refractivity contribution in [2.24, 2.45) is 0 Å². The second kappa shape index (κ2) is 7.34. The van der Waals surface area contributed by atoms with E-state index in [0.717, 1.165) is 31.5 Å². The van der Waals surface area contributed by atoms with Gasteiger partial charge in [-0.1, -0.05) is 31.5 Å². The summed E-state index contributed by atoms with van der Waals surface area (Å²) in [6.45, 7) is 4.09. The lowest BCUT2D eigenvalue weighted by Gasteiger charge is -2.41. The molecule has 23 heavy (non-hydrogen) atoms. The molecule has 0 bridgehead atoms. The predicted octanol–water partition coefficient (Wildman–Crippen LogP) is 3.24. The first-order valence-corrected chi connectivity index (χ1v) is 8.07. The van der Waals surface area contributed by atoms with Crippen molar-refractivity contribution < 1.29 is 18.0 Å². The van der Waals surface area contributed by atoms with Crippen LogP contribution in [0.5, 0.6) is 0 Å². The Morgan fingerprint density at radius 3 is 2.52 bits per heavy atom. The molecule has 0 heterocycles. The number of nitrogens with one attached hydrogen (secondary N) is 2. The standard InChI is InChI=1S/C17H23F3N2O/c1-2-9-21-10-11-22-15(23)16(7-4-8-16)13-5-3-6-14(12-13)17(18,19)20/h3,5-6,12,21H,2,4,7-11H2,1H3,(H,22,23). The van der Waals surface area contributed by atoms with Crippen LogP contribution in [0.4, 0.5) is 13.2 Å². The summed E-state index contributed by atoms with van der Waals surface area (Å²) in [5.74, 6) is -0.165. The molecule has 0 atom stereocenters. The van der Waals surface area contributed by atoms with Gasteiger partial charge in [0.2, 0.25) is 5.91 Å². The highest BCUT2D eigenvalue weighted by Gasteiger charge is 2.46. The van der Waals surface area contributed by atoms with E-state index in [2.05, 4.69) is 17.6 Å². The summed E-state index contributed by atoms with van der Waals surface area (Å²) < 4.78 is 38.7. The maximum Gasteiger partial charge on any atom is 0.416 e. The van der Waals surface area contributed by atoms with Crippen LogP contribution in [0.25, 0.3) is 0 Å². The van der Waals surface area contributed by atoms with Crippen LogP contribution in [0, 0.1) is 0 Å². The summed E-state index contributed by atoms with van der Waals surface area (Å²) >= 11 is 0. The Morgan fingerprint density at radius 1 is 1.22 bits per heavy atom. The third-order valence-electron chi connectivity index (χ3n) is 4.40. The Hall–Kier alpha value is -1.56. The van der Waals surface area contributed by atoms with E-state index in [0.29, 0.717) is 31.5 Å². The van der Waals surface area contributed by atoms with E-state index in [-0.39, 0.29) is 5.91 Å². The molecule has 3 nitrogen and oxygen atoms in total. The third kappa shape index (κ3) is 4.05. The summed E-state index contributed by atoms with van der Waals surface area (Å²) in [5, 5.41) is 6.04. The molecule has 1 aromatic carbocycles. The molecule has 1 fully saturated rings. The first-order valence-electron chi connectivity index (χ1n) is 8.07. The molecule has 6 heteroatoms. The van der Waals surface area contributed by atoms with Gasteiger partial charge in [0.15, 0.2) is 0 Å². The molecule has 1 aliphatic carbocycles. The lowest BCUT2D eigenvalue weighted by atomic mass is 9.63. The molecule has 2 N–H and O–H groups in total.